The largest absolute Gasteiger partial charge is 0.466 e. The number of fused-ring (bicyclic) bond motifs is 1. The van der Waals surface area contributed by atoms with E-state index in [-0.39, 0.29) is 12.8 Å². The Morgan fingerprint density at radius 3 is 3.04 bits per heavy atom. The first-order chi connectivity index (χ1) is 11.5. The molecule has 2 heterocycles. The molecule has 3 rings (SSSR count). The van der Waals surface area contributed by atoms with Crippen molar-refractivity contribution in [2.24, 2.45) is 0 Å². The second-order valence-corrected chi connectivity index (χ2v) is 6.70. The molecule has 0 radical (unpaired) electrons. The molecule has 0 amide bonds. The highest BCUT2D eigenvalue weighted by Gasteiger charge is 2.27. The van der Waals surface area contributed by atoms with Gasteiger partial charge < -0.3 is 9.47 Å². The van der Waals surface area contributed by atoms with Gasteiger partial charge in [0.2, 0.25) is 0 Å². The molecule has 2 aromatic rings. The molecule has 1 saturated heterocycles. The first-order valence-electron chi connectivity index (χ1n) is 8.18. The molecule has 1 aromatic heterocycles. The van der Waals surface area contributed by atoms with Crippen molar-refractivity contribution in [3.8, 4) is 0 Å². The maximum absolute atomic E-state index is 14.7. The van der Waals surface area contributed by atoms with Crippen molar-refractivity contribution < 1.29 is 18.7 Å². The highest BCUT2D eigenvalue weighted by molar-refractivity contribution is 9.10. The molecule has 2 unspecified atom stereocenters. The van der Waals surface area contributed by atoms with Gasteiger partial charge in [0.05, 0.1) is 24.2 Å². The predicted octanol–water partition coefficient (Wildman–Crippen LogP) is 4.30. The Morgan fingerprint density at radius 2 is 2.38 bits per heavy atom. The first-order valence-corrected chi connectivity index (χ1v) is 8.97. The number of benzene rings is 1. The van der Waals surface area contributed by atoms with Crippen molar-refractivity contribution in [2.75, 3.05) is 13.2 Å². The van der Waals surface area contributed by atoms with Crippen LogP contribution in [-0.2, 0) is 14.3 Å². The van der Waals surface area contributed by atoms with Crippen LogP contribution in [0, 0.1) is 5.82 Å². The number of carbonyl (C=O) groups excluding carboxylic acids is 1. The molecule has 130 valence electrons. The third-order valence-corrected chi connectivity index (χ3v) is 5.18. The summed E-state index contributed by atoms with van der Waals surface area (Å²) in [5, 5.41) is 5.14. The van der Waals surface area contributed by atoms with Gasteiger partial charge in [-0.3, -0.25) is 4.79 Å². The summed E-state index contributed by atoms with van der Waals surface area (Å²) in [6, 6.07) is 1.43. The van der Waals surface area contributed by atoms with Crippen LogP contribution in [0.25, 0.3) is 10.9 Å². The van der Waals surface area contributed by atoms with E-state index in [0.717, 1.165) is 24.6 Å². The molecule has 1 aromatic carbocycles. The van der Waals surface area contributed by atoms with E-state index in [4.69, 9.17) is 9.47 Å². The lowest BCUT2D eigenvalue weighted by molar-refractivity contribution is -0.144. The summed E-state index contributed by atoms with van der Waals surface area (Å²) in [5.41, 5.74) is 0.955. The van der Waals surface area contributed by atoms with Gasteiger partial charge in [0.25, 0.3) is 0 Å². The lowest BCUT2D eigenvalue weighted by Crippen LogP contribution is -2.19. The number of ether oxygens (including phenoxy) is 2. The third-order valence-electron chi connectivity index (χ3n) is 4.33. The van der Waals surface area contributed by atoms with Crippen LogP contribution in [0.5, 0.6) is 0 Å². The van der Waals surface area contributed by atoms with Crippen LogP contribution in [0.3, 0.4) is 0 Å². The van der Waals surface area contributed by atoms with E-state index in [1.54, 1.807) is 24.7 Å². The third kappa shape index (κ3) is 3.07. The minimum absolute atomic E-state index is 0.170. The summed E-state index contributed by atoms with van der Waals surface area (Å²) < 4.78 is 27.8. The van der Waals surface area contributed by atoms with Crippen LogP contribution in [0.15, 0.2) is 16.7 Å². The molecule has 0 saturated carbocycles. The molecule has 0 bridgehead atoms. The Morgan fingerprint density at radius 1 is 1.58 bits per heavy atom. The van der Waals surface area contributed by atoms with Crippen LogP contribution in [0.2, 0.25) is 0 Å². The van der Waals surface area contributed by atoms with E-state index in [2.05, 4.69) is 21.0 Å². The Balaban J connectivity index is 2.04. The first kappa shape index (κ1) is 17.4. The summed E-state index contributed by atoms with van der Waals surface area (Å²) in [7, 11) is 0. The quantitative estimate of drug-likeness (QED) is 0.720. The van der Waals surface area contributed by atoms with Crippen LogP contribution in [-0.4, -0.2) is 29.0 Å². The summed E-state index contributed by atoms with van der Waals surface area (Å²) in [6.45, 7) is 4.32. The number of hydrogen-bond donors (Lipinski definition) is 0. The Hall–Kier alpha value is -1.47. The van der Waals surface area contributed by atoms with E-state index >= 15 is 0 Å². The zero-order valence-electron chi connectivity index (χ0n) is 13.7. The maximum atomic E-state index is 14.7. The van der Waals surface area contributed by atoms with Crippen LogP contribution >= 0.6 is 15.9 Å². The van der Waals surface area contributed by atoms with Crippen molar-refractivity contribution in [2.45, 2.75) is 45.3 Å². The van der Waals surface area contributed by atoms with Crippen LogP contribution in [0.4, 0.5) is 4.39 Å². The van der Waals surface area contributed by atoms with Gasteiger partial charge in [0.15, 0.2) is 6.23 Å². The average Bonchev–Trinajstić information content (AvgIpc) is 2.99. The fourth-order valence-corrected chi connectivity index (χ4v) is 3.90. The van der Waals surface area contributed by atoms with E-state index in [1.807, 2.05) is 0 Å². The highest BCUT2D eigenvalue weighted by atomic mass is 79.9. The van der Waals surface area contributed by atoms with Crippen molar-refractivity contribution in [3.05, 3.63) is 28.1 Å². The maximum Gasteiger partial charge on any atom is 0.313 e. The van der Waals surface area contributed by atoms with Crippen molar-refractivity contribution >= 4 is 32.8 Å². The van der Waals surface area contributed by atoms with Gasteiger partial charge in [0, 0.05) is 28.1 Å². The van der Waals surface area contributed by atoms with Gasteiger partial charge >= 0.3 is 5.97 Å². The summed E-state index contributed by atoms with van der Waals surface area (Å²) >= 11 is 3.45. The van der Waals surface area contributed by atoms with Gasteiger partial charge in [-0.05, 0) is 49.0 Å². The molecule has 0 aliphatic carbocycles. The predicted molar refractivity (Wildman–Crippen MR) is 91.3 cm³/mol. The molecule has 1 aliphatic rings. The van der Waals surface area contributed by atoms with Gasteiger partial charge in [-0.2, -0.15) is 5.10 Å². The monoisotopic (exact) mass is 398 g/mol. The van der Waals surface area contributed by atoms with Crippen LogP contribution in [0.1, 0.15) is 50.8 Å². The van der Waals surface area contributed by atoms with Crippen molar-refractivity contribution in [3.63, 3.8) is 0 Å². The Bertz CT molecular complexity index is 756. The second-order valence-electron chi connectivity index (χ2n) is 5.90. The van der Waals surface area contributed by atoms with Gasteiger partial charge in [-0.15, -0.1) is 0 Å². The van der Waals surface area contributed by atoms with Crippen LogP contribution < -0.4 is 0 Å². The highest BCUT2D eigenvalue weighted by Crippen LogP contribution is 2.37. The van der Waals surface area contributed by atoms with E-state index in [0.29, 0.717) is 22.2 Å². The molecule has 0 N–H and O–H groups in total. The minimum Gasteiger partial charge on any atom is -0.466 e. The molecule has 0 spiro atoms. The number of rotatable bonds is 4. The summed E-state index contributed by atoms with van der Waals surface area (Å²) in [6.07, 6.45) is 4.47. The van der Waals surface area contributed by atoms with Gasteiger partial charge in [-0.25, -0.2) is 9.07 Å². The lowest BCUT2D eigenvalue weighted by Gasteiger charge is -2.23. The Labute approximate surface area is 148 Å². The van der Waals surface area contributed by atoms with E-state index in [9.17, 15) is 9.18 Å². The van der Waals surface area contributed by atoms with E-state index < -0.39 is 17.7 Å². The van der Waals surface area contributed by atoms with Crippen molar-refractivity contribution in [1.29, 1.82) is 0 Å². The zero-order valence-corrected chi connectivity index (χ0v) is 15.3. The van der Waals surface area contributed by atoms with Gasteiger partial charge in [0.1, 0.15) is 5.82 Å². The number of esters is 1. The Kier molecular flexibility index (Phi) is 5.20. The number of nitrogens with zero attached hydrogens (tertiary/aromatic N) is 2. The molecule has 5 nitrogen and oxygen atoms in total. The topological polar surface area (TPSA) is 53.3 Å². The molecule has 1 aliphatic heterocycles. The van der Waals surface area contributed by atoms with Crippen molar-refractivity contribution in [1.82, 2.24) is 9.78 Å². The average molecular weight is 399 g/mol. The normalized spacial score (nSPS) is 19.4. The molecule has 2 atom stereocenters. The molecule has 7 heteroatoms. The van der Waals surface area contributed by atoms with Gasteiger partial charge in [-0.1, -0.05) is 0 Å². The lowest BCUT2D eigenvalue weighted by atomic mass is 9.99. The summed E-state index contributed by atoms with van der Waals surface area (Å²) in [5.74, 6) is -1.59. The fourth-order valence-electron chi connectivity index (χ4n) is 3.06. The molecule has 1 fully saturated rings. The number of hydrogen-bond acceptors (Lipinski definition) is 4. The summed E-state index contributed by atoms with van der Waals surface area (Å²) in [4.78, 5) is 12.0. The smallest absolute Gasteiger partial charge is 0.313 e. The minimum atomic E-state index is -0.696. The SMILES string of the molecule is CCOC(=O)C(C)c1c(F)cc2c(cnn2C2CCCCO2)c1Br. The molecule has 24 heavy (non-hydrogen) atoms. The number of halogens is 2. The van der Waals surface area contributed by atoms with E-state index in [1.165, 1.54) is 6.07 Å². The molecular weight excluding hydrogens is 379 g/mol. The molecular formula is C17H20BrFN2O3. The zero-order chi connectivity index (χ0) is 17.3. The number of carbonyl (C=O) groups is 1. The fraction of sp³-hybridized carbons (Fsp3) is 0.529. The standard InChI is InChI=1S/C17H20BrFN2O3/c1-3-23-17(22)10(2)15-12(19)8-13-11(16(15)18)9-20-21(13)14-6-4-5-7-24-14/h8-10,14H,3-7H2,1-2H3. The second kappa shape index (κ2) is 7.19. The number of aromatic nitrogens is 2.